The SMILES string of the molecule is C=C(CNc1cc(-c2ccc(OC(F)(F)F)cc2)c2c(c1C#N)CC(O)(O)O2)C(=O)NO.CC. The zero-order valence-electron chi connectivity index (χ0n) is 18.2. The zero-order chi connectivity index (χ0) is 25.7. The van der Waals surface area contributed by atoms with E-state index < -0.39 is 30.4 Å². The van der Waals surface area contributed by atoms with Crippen molar-refractivity contribution in [1.29, 1.82) is 5.26 Å². The van der Waals surface area contributed by atoms with Gasteiger partial charge in [-0.2, -0.15) is 5.26 Å². The van der Waals surface area contributed by atoms with Crippen LogP contribution in [-0.2, 0) is 11.2 Å². The lowest BCUT2D eigenvalue weighted by molar-refractivity contribution is -0.279. The van der Waals surface area contributed by atoms with E-state index in [0.29, 0.717) is 5.56 Å². The van der Waals surface area contributed by atoms with Crippen molar-refractivity contribution < 1.29 is 42.9 Å². The molecule has 0 atom stereocenters. The largest absolute Gasteiger partial charge is 0.573 e. The number of ether oxygens (including phenoxy) is 2. The number of aliphatic hydroxyl groups is 2. The number of rotatable bonds is 6. The summed E-state index contributed by atoms with van der Waals surface area (Å²) in [4.78, 5) is 11.4. The number of carbonyl (C=O) groups is 1. The standard InChI is InChI=1S/C20H16F3N3O6.C2H6/c1-10(18(27)26-30)9-25-16-6-13(11-2-4-12(5-3-11)31-20(21,22)23)17-14(15(16)8-24)7-19(28,29)32-17;1-2/h2-6,25,28-30H,1,7,9H2,(H,26,27);1-2H3. The molecule has 2 aromatic carbocycles. The molecule has 0 fully saturated rings. The van der Waals surface area contributed by atoms with Crippen LogP contribution in [0.15, 0.2) is 42.5 Å². The first-order valence-corrected chi connectivity index (χ1v) is 9.90. The van der Waals surface area contributed by atoms with E-state index in [2.05, 4.69) is 16.6 Å². The predicted octanol–water partition coefficient (Wildman–Crippen LogP) is 3.20. The van der Waals surface area contributed by atoms with Gasteiger partial charge in [0.1, 0.15) is 17.6 Å². The minimum atomic E-state index is -4.87. The Morgan fingerprint density at radius 3 is 2.44 bits per heavy atom. The quantitative estimate of drug-likeness (QED) is 0.183. The summed E-state index contributed by atoms with van der Waals surface area (Å²) in [5, 5.41) is 41.0. The highest BCUT2D eigenvalue weighted by atomic mass is 19.4. The fourth-order valence-corrected chi connectivity index (χ4v) is 3.11. The molecule has 0 bridgehead atoms. The summed E-state index contributed by atoms with van der Waals surface area (Å²) in [5.41, 5.74) is 2.23. The predicted molar refractivity (Wildman–Crippen MR) is 114 cm³/mol. The molecule has 0 spiro atoms. The molecule has 1 aliphatic heterocycles. The van der Waals surface area contributed by atoms with Crippen LogP contribution in [0, 0.1) is 11.3 Å². The summed E-state index contributed by atoms with van der Waals surface area (Å²) in [6.07, 6.45) is -5.32. The second kappa shape index (κ2) is 10.4. The van der Waals surface area contributed by atoms with E-state index in [-0.39, 0.29) is 40.2 Å². The van der Waals surface area contributed by atoms with E-state index in [4.69, 9.17) is 9.94 Å². The lowest BCUT2D eigenvalue weighted by Crippen LogP contribution is -2.33. The lowest BCUT2D eigenvalue weighted by atomic mass is 9.95. The van der Waals surface area contributed by atoms with Gasteiger partial charge in [0.05, 0.1) is 17.7 Å². The van der Waals surface area contributed by atoms with Crippen molar-refractivity contribution in [2.45, 2.75) is 32.6 Å². The molecule has 0 saturated heterocycles. The van der Waals surface area contributed by atoms with Gasteiger partial charge in [-0.25, -0.2) is 5.48 Å². The maximum Gasteiger partial charge on any atom is 0.573 e. The number of carbonyl (C=O) groups excluding carboxylic acids is 1. The molecule has 3 rings (SSSR count). The van der Waals surface area contributed by atoms with Crippen LogP contribution in [0.1, 0.15) is 25.0 Å². The number of benzene rings is 2. The summed E-state index contributed by atoms with van der Waals surface area (Å²) >= 11 is 0. The Morgan fingerprint density at radius 2 is 1.91 bits per heavy atom. The van der Waals surface area contributed by atoms with Gasteiger partial charge in [0.2, 0.25) is 0 Å². The third-order valence-electron chi connectivity index (χ3n) is 4.48. The normalized spacial score (nSPS) is 13.4. The molecular weight excluding hydrogens is 459 g/mol. The highest BCUT2D eigenvalue weighted by molar-refractivity contribution is 5.93. The maximum absolute atomic E-state index is 12.4. The zero-order valence-corrected chi connectivity index (χ0v) is 18.2. The molecule has 0 saturated carbocycles. The second-order valence-corrected chi connectivity index (χ2v) is 6.76. The Balaban J connectivity index is 0.00000199. The molecule has 9 nitrogen and oxygen atoms in total. The fraction of sp³-hybridized carbons (Fsp3) is 0.273. The molecule has 182 valence electrons. The molecule has 0 unspecified atom stereocenters. The molecule has 34 heavy (non-hydrogen) atoms. The number of alkyl halides is 3. The van der Waals surface area contributed by atoms with Crippen molar-refractivity contribution in [1.82, 2.24) is 5.48 Å². The topological polar surface area (TPSA) is 144 Å². The number of hydrogen-bond acceptors (Lipinski definition) is 8. The molecule has 12 heteroatoms. The minimum Gasteiger partial charge on any atom is -0.438 e. The average molecular weight is 481 g/mol. The molecule has 2 aromatic rings. The van der Waals surface area contributed by atoms with Gasteiger partial charge in [-0.1, -0.05) is 32.6 Å². The smallest absolute Gasteiger partial charge is 0.438 e. The number of hydrogen-bond donors (Lipinski definition) is 5. The number of hydroxylamine groups is 1. The Morgan fingerprint density at radius 1 is 1.29 bits per heavy atom. The number of amides is 1. The summed E-state index contributed by atoms with van der Waals surface area (Å²) in [7, 11) is 0. The van der Waals surface area contributed by atoms with Gasteiger partial charge in [-0.15, -0.1) is 13.2 Å². The highest BCUT2D eigenvalue weighted by Gasteiger charge is 2.40. The van der Waals surface area contributed by atoms with Gasteiger partial charge in [-0.3, -0.25) is 10.0 Å². The van der Waals surface area contributed by atoms with Crippen LogP contribution in [0.4, 0.5) is 18.9 Å². The average Bonchev–Trinajstić information content (AvgIpc) is 3.11. The Labute approximate surface area is 192 Å². The Kier molecular flexibility index (Phi) is 8.12. The van der Waals surface area contributed by atoms with Crippen molar-refractivity contribution >= 4 is 11.6 Å². The molecule has 1 aliphatic rings. The Hall–Kier alpha value is -3.79. The first-order valence-electron chi connectivity index (χ1n) is 9.90. The number of fused-ring (bicyclic) bond motifs is 1. The van der Waals surface area contributed by atoms with Gasteiger partial charge >= 0.3 is 12.3 Å². The van der Waals surface area contributed by atoms with E-state index in [1.807, 2.05) is 19.9 Å². The van der Waals surface area contributed by atoms with E-state index >= 15 is 0 Å². The summed E-state index contributed by atoms with van der Waals surface area (Å²) < 4.78 is 46.3. The third kappa shape index (κ3) is 6.16. The first kappa shape index (κ1) is 26.5. The third-order valence-corrected chi connectivity index (χ3v) is 4.48. The van der Waals surface area contributed by atoms with Gasteiger partial charge < -0.3 is 25.0 Å². The molecule has 0 radical (unpaired) electrons. The van der Waals surface area contributed by atoms with Gasteiger partial charge in [0, 0.05) is 23.2 Å². The highest BCUT2D eigenvalue weighted by Crippen LogP contribution is 2.46. The van der Waals surface area contributed by atoms with Crippen LogP contribution >= 0.6 is 0 Å². The van der Waals surface area contributed by atoms with Crippen LogP contribution < -0.4 is 20.3 Å². The summed E-state index contributed by atoms with van der Waals surface area (Å²) in [5.74, 6) is -3.95. The summed E-state index contributed by atoms with van der Waals surface area (Å²) in [6, 6.07) is 8.05. The van der Waals surface area contributed by atoms with Crippen LogP contribution in [0.5, 0.6) is 11.5 Å². The van der Waals surface area contributed by atoms with Crippen molar-refractivity contribution in [3.05, 3.63) is 53.6 Å². The van der Waals surface area contributed by atoms with Crippen LogP contribution in [0.3, 0.4) is 0 Å². The van der Waals surface area contributed by atoms with E-state index in [1.165, 1.54) is 23.7 Å². The lowest BCUT2D eigenvalue weighted by Gasteiger charge is -2.17. The number of nitriles is 1. The second-order valence-electron chi connectivity index (χ2n) is 6.76. The maximum atomic E-state index is 12.4. The van der Waals surface area contributed by atoms with Crippen molar-refractivity contribution in [2.75, 3.05) is 11.9 Å². The van der Waals surface area contributed by atoms with Crippen LogP contribution in [-0.4, -0.2) is 40.2 Å². The number of halogens is 3. The molecule has 1 heterocycles. The number of anilines is 1. The van der Waals surface area contributed by atoms with Gasteiger partial charge in [0.25, 0.3) is 5.91 Å². The Bertz CT molecular complexity index is 1110. The van der Waals surface area contributed by atoms with Gasteiger partial charge in [0.15, 0.2) is 0 Å². The van der Waals surface area contributed by atoms with Crippen molar-refractivity contribution in [3.8, 4) is 28.7 Å². The van der Waals surface area contributed by atoms with E-state index in [0.717, 1.165) is 12.1 Å². The van der Waals surface area contributed by atoms with E-state index in [1.54, 1.807) is 0 Å². The minimum absolute atomic E-state index is 0.00274. The molecule has 1 amide bonds. The van der Waals surface area contributed by atoms with Crippen LogP contribution in [0.25, 0.3) is 11.1 Å². The van der Waals surface area contributed by atoms with Crippen molar-refractivity contribution in [3.63, 3.8) is 0 Å². The summed E-state index contributed by atoms with van der Waals surface area (Å²) in [6.45, 7) is 7.30. The van der Waals surface area contributed by atoms with E-state index in [9.17, 15) is 33.4 Å². The molecule has 5 N–H and O–H groups in total. The molecular formula is C22H22F3N3O6. The monoisotopic (exact) mass is 481 g/mol. The molecule has 0 aliphatic carbocycles. The number of nitrogens with one attached hydrogen (secondary N) is 2. The van der Waals surface area contributed by atoms with Gasteiger partial charge in [-0.05, 0) is 23.8 Å². The number of nitrogens with zero attached hydrogens (tertiary/aromatic N) is 1. The first-order chi connectivity index (χ1) is 15.9. The fourth-order valence-electron chi connectivity index (χ4n) is 3.11. The van der Waals surface area contributed by atoms with Crippen LogP contribution in [0.2, 0.25) is 0 Å². The van der Waals surface area contributed by atoms with Crippen molar-refractivity contribution in [2.24, 2.45) is 0 Å². The molecule has 0 aromatic heterocycles.